The van der Waals surface area contributed by atoms with Crippen LogP contribution in [0.3, 0.4) is 0 Å². The standard InChI is InChI=1S/C8H10BrF6NO/c1-16(4-2-3-9)6(17)5(7(10,11)12)8(13,14)15/h5H,2-4H2,1H3. The van der Waals surface area contributed by atoms with Gasteiger partial charge in [0, 0.05) is 18.9 Å². The summed E-state index contributed by atoms with van der Waals surface area (Å²) in [6.07, 6.45) is -11.0. The van der Waals surface area contributed by atoms with Crippen LogP contribution in [0.15, 0.2) is 0 Å². The van der Waals surface area contributed by atoms with E-state index in [2.05, 4.69) is 15.9 Å². The third kappa shape index (κ3) is 5.13. The molecule has 0 aromatic heterocycles. The van der Waals surface area contributed by atoms with E-state index in [1.165, 1.54) is 0 Å². The highest BCUT2D eigenvalue weighted by molar-refractivity contribution is 9.09. The van der Waals surface area contributed by atoms with E-state index in [1.807, 2.05) is 0 Å². The van der Waals surface area contributed by atoms with E-state index < -0.39 is 24.2 Å². The van der Waals surface area contributed by atoms with E-state index in [0.717, 1.165) is 7.05 Å². The minimum atomic E-state index is -5.63. The summed E-state index contributed by atoms with van der Waals surface area (Å²) in [5.74, 6) is -5.93. The molecule has 0 atom stereocenters. The number of halogens is 7. The fraction of sp³-hybridized carbons (Fsp3) is 0.875. The lowest BCUT2D eigenvalue weighted by Gasteiger charge is -2.26. The summed E-state index contributed by atoms with van der Waals surface area (Å²) in [7, 11) is 0.912. The Morgan fingerprint density at radius 3 is 1.88 bits per heavy atom. The Balaban J connectivity index is 4.90. The van der Waals surface area contributed by atoms with Crippen molar-refractivity contribution in [3.63, 3.8) is 0 Å². The van der Waals surface area contributed by atoms with Gasteiger partial charge in [0.05, 0.1) is 0 Å². The number of hydrogen-bond donors (Lipinski definition) is 0. The van der Waals surface area contributed by atoms with Crippen LogP contribution in [0.5, 0.6) is 0 Å². The van der Waals surface area contributed by atoms with Gasteiger partial charge in [0.25, 0.3) is 0 Å². The van der Waals surface area contributed by atoms with Crippen LogP contribution in [0.1, 0.15) is 6.42 Å². The van der Waals surface area contributed by atoms with Crippen LogP contribution in [0.25, 0.3) is 0 Å². The number of rotatable bonds is 4. The second kappa shape index (κ2) is 5.92. The highest BCUT2D eigenvalue weighted by Crippen LogP contribution is 2.40. The molecular weight excluding hydrogens is 320 g/mol. The van der Waals surface area contributed by atoms with Crippen molar-refractivity contribution in [3.05, 3.63) is 0 Å². The number of carbonyl (C=O) groups excluding carboxylic acids is 1. The molecule has 1 amide bonds. The number of amides is 1. The first-order valence-corrected chi connectivity index (χ1v) is 5.58. The van der Waals surface area contributed by atoms with Crippen molar-refractivity contribution in [3.8, 4) is 0 Å². The van der Waals surface area contributed by atoms with Crippen LogP contribution in [-0.4, -0.2) is 42.1 Å². The zero-order valence-corrected chi connectivity index (χ0v) is 10.3. The van der Waals surface area contributed by atoms with Crippen LogP contribution in [0.4, 0.5) is 26.3 Å². The molecule has 0 aliphatic heterocycles. The molecule has 0 aromatic carbocycles. The monoisotopic (exact) mass is 329 g/mol. The van der Waals surface area contributed by atoms with Crippen LogP contribution in [0, 0.1) is 5.92 Å². The molecular formula is C8H10BrF6NO. The van der Waals surface area contributed by atoms with Gasteiger partial charge < -0.3 is 4.90 Å². The molecule has 0 radical (unpaired) electrons. The average Bonchev–Trinajstić information content (AvgIpc) is 2.09. The average molecular weight is 330 g/mol. The van der Waals surface area contributed by atoms with E-state index in [0.29, 0.717) is 10.2 Å². The Morgan fingerprint density at radius 1 is 1.18 bits per heavy atom. The lowest BCUT2D eigenvalue weighted by Crippen LogP contribution is -2.48. The van der Waals surface area contributed by atoms with Gasteiger partial charge in [-0.1, -0.05) is 15.9 Å². The Bertz CT molecular complexity index is 250. The van der Waals surface area contributed by atoms with Gasteiger partial charge in [0.15, 0.2) is 0 Å². The second-order valence-electron chi connectivity index (χ2n) is 3.32. The summed E-state index contributed by atoms with van der Waals surface area (Å²) in [6, 6.07) is 0. The van der Waals surface area contributed by atoms with Crippen molar-refractivity contribution in [2.75, 3.05) is 18.9 Å². The molecule has 0 spiro atoms. The Morgan fingerprint density at radius 2 is 1.59 bits per heavy atom. The lowest BCUT2D eigenvalue weighted by molar-refractivity contribution is -0.277. The number of nitrogens with zero attached hydrogens (tertiary/aromatic N) is 1. The van der Waals surface area contributed by atoms with Gasteiger partial charge in [-0.2, -0.15) is 26.3 Å². The highest BCUT2D eigenvalue weighted by Gasteiger charge is 2.61. The zero-order chi connectivity index (χ0) is 13.9. The Labute approximate surface area is 102 Å². The van der Waals surface area contributed by atoms with Gasteiger partial charge in [-0.3, -0.25) is 4.79 Å². The van der Waals surface area contributed by atoms with Crippen molar-refractivity contribution in [2.45, 2.75) is 18.8 Å². The first-order chi connectivity index (χ1) is 7.51. The second-order valence-corrected chi connectivity index (χ2v) is 4.11. The van der Waals surface area contributed by atoms with Crippen molar-refractivity contribution in [2.24, 2.45) is 5.92 Å². The predicted molar refractivity (Wildman–Crippen MR) is 51.6 cm³/mol. The molecule has 0 bridgehead atoms. The maximum atomic E-state index is 12.2. The normalized spacial score (nSPS) is 13.0. The van der Waals surface area contributed by atoms with Crippen LogP contribution in [0.2, 0.25) is 0 Å². The minimum absolute atomic E-state index is 0.174. The van der Waals surface area contributed by atoms with E-state index in [-0.39, 0.29) is 13.0 Å². The molecule has 2 nitrogen and oxygen atoms in total. The summed E-state index contributed by atoms with van der Waals surface area (Å²) in [6.45, 7) is -0.174. The molecule has 0 saturated carbocycles. The van der Waals surface area contributed by atoms with E-state index >= 15 is 0 Å². The largest absolute Gasteiger partial charge is 0.409 e. The van der Waals surface area contributed by atoms with Crippen LogP contribution < -0.4 is 0 Å². The molecule has 0 heterocycles. The fourth-order valence-electron chi connectivity index (χ4n) is 1.09. The molecule has 0 aliphatic rings. The molecule has 102 valence electrons. The molecule has 0 rings (SSSR count). The maximum Gasteiger partial charge on any atom is 0.409 e. The molecule has 9 heteroatoms. The SMILES string of the molecule is CN(CCCBr)C(=O)C(C(F)(F)F)C(F)(F)F. The Kier molecular flexibility index (Phi) is 5.76. The van der Waals surface area contributed by atoms with Crippen LogP contribution >= 0.6 is 15.9 Å². The highest BCUT2D eigenvalue weighted by atomic mass is 79.9. The van der Waals surface area contributed by atoms with E-state index in [4.69, 9.17) is 0 Å². The minimum Gasteiger partial charge on any atom is -0.345 e. The van der Waals surface area contributed by atoms with Crippen molar-refractivity contribution in [1.82, 2.24) is 4.90 Å². The summed E-state index contributed by atoms with van der Waals surface area (Å²) >= 11 is 2.96. The molecule has 0 N–H and O–H groups in total. The number of alkyl halides is 7. The fourth-order valence-corrected chi connectivity index (χ4v) is 1.34. The number of hydrogen-bond acceptors (Lipinski definition) is 1. The molecule has 0 unspecified atom stereocenters. The zero-order valence-electron chi connectivity index (χ0n) is 8.70. The van der Waals surface area contributed by atoms with Gasteiger partial charge in [-0.25, -0.2) is 0 Å². The number of carbonyl (C=O) groups is 1. The van der Waals surface area contributed by atoms with Gasteiger partial charge in [-0.15, -0.1) is 0 Å². The predicted octanol–water partition coefficient (Wildman–Crippen LogP) is 2.97. The van der Waals surface area contributed by atoms with Crippen molar-refractivity contribution < 1.29 is 31.1 Å². The first-order valence-electron chi connectivity index (χ1n) is 4.46. The topological polar surface area (TPSA) is 20.3 Å². The van der Waals surface area contributed by atoms with Gasteiger partial charge in [0.1, 0.15) is 0 Å². The van der Waals surface area contributed by atoms with Gasteiger partial charge in [-0.05, 0) is 6.42 Å². The van der Waals surface area contributed by atoms with Gasteiger partial charge >= 0.3 is 12.4 Å². The van der Waals surface area contributed by atoms with Gasteiger partial charge in [0.2, 0.25) is 11.8 Å². The maximum absolute atomic E-state index is 12.2. The molecule has 17 heavy (non-hydrogen) atoms. The van der Waals surface area contributed by atoms with Crippen LogP contribution in [-0.2, 0) is 4.79 Å². The molecule has 0 saturated heterocycles. The van der Waals surface area contributed by atoms with E-state index in [9.17, 15) is 31.1 Å². The third-order valence-corrected chi connectivity index (χ3v) is 2.47. The Hall–Kier alpha value is -0.470. The quantitative estimate of drug-likeness (QED) is 0.573. The molecule has 0 aliphatic carbocycles. The lowest BCUT2D eigenvalue weighted by atomic mass is 10.1. The summed E-state index contributed by atoms with van der Waals surface area (Å²) in [4.78, 5) is 11.6. The first kappa shape index (κ1) is 16.5. The summed E-state index contributed by atoms with van der Waals surface area (Å²) < 4.78 is 73.0. The van der Waals surface area contributed by atoms with Crippen molar-refractivity contribution in [1.29, 1.82) is 0 Å². The van der Waals surface area contributed by atoms with E-state index in [1.54, 1.807) is 0 Å². The summed E-state index contributed by atoms with van der Waals surface area (Å²) in [5.41, 5.74) is 0. The smallest absolute Gasteiger partial charge is 0.345 e. The van der Waals surface area contributed by atoms with Crippen molar-refractivity contribution >= 4 is 21.8 Å². The molecule has 0 aromatic rings. The summed E-state index contributed by atoms with van der Waals surface area (Å²) in [5, 5.41) is 0.382. The third-order valence-electron chi connectivity index (χ3n) is 1.90. The molecule has 0 fully saturated rings.